The molecule has 1 aliphatic heterocycles. The van der Waals surface area contributed by atoms with Crippen LogP contribution in [0.3, 0.4) is 0 Å². The van der Waals surface area contributed by atoms with Crippen molar-refractivity contribution in [3.63, 3.8) is 0 Å². The summed E-state index contributed by atoms with van der Waals surface area (Å²) in [5, 5.41) is 9.19. The monoisotopic (exact) mass is 251 g/mol. The van der Waals surface area contributed by atoms with Gasteiger partial charge in [0.2, 0.25) is 0 Å². The smallest absolute Gasteiger partial charge is 0.339 e. The molecule has 0 aromatic carbocycles. The van der Waals surface area contributed by atoms with Gasteiger partial charge in [-0.15, -0.1) is 0 Å². The first-order valence-electron chi connectivity index (χ1n) is 5.84. The number of nitrogen functional groups attached to an aromatic ring is 1. The van der Waals surface area contributed by atoms with E-state index in [0.29, 0.717) is 18.1 Å². The second-order valence-corrected chi connectivity index (χ2v) is 4.49. The molecule has 1 aromatic heterocycles. The Hall–Kier alpha value is -1.82. The lowest BCUT2D eigenvalue weighted by Crippen LogP contribution is -2.38. The van der Waals surface area contributed by atoms with Crippen molar-refractivity contribution in [1.29, 1.82) is 0 Å². The quantitative estimate of drug-likeness (QED) is 0.832. The molecular formula is C12H17N3O3. The number of carbonyl (C=O) groups is 1. The minimum absolute atomic E-state index is 0.0657. The predicted molar refractivity (Wildman–Crippen MR) is 67.8 cm³/mol. The lowest BCUT2D eigenvalue weighted by atomic mass is 10.1. The summed E-state index contributed by atoms with van der Waals surface area (Å²) in [6.07, 6.45) is 2.40. The van der Waals surface area contributed by atoms with E-state index in [2.05, 4.69) is 4.98 Å². The number of nitrogens with zero attached hydrogens (tertiary/aromatic N) is 2. The molecule has 0 aliphatic carbocycles. The highest BCUT2D eigenvalue weighted by Crippen LogP contribution is 2.26. The van der Waals surface area contributed by atoms with Crippen molar-refractivity contribution >= 4 is 17.5 Å². The van der Waals surface area contributed by atoms with Gasteiger partial charge in [0.1, 0.15) is 11.4 Å². The van der Waals surface area contributed by atoms with Gasteiger partial charge in [-0.2, -0.15) is 0 Å². The zero-order chi connectivity index (χ0) is 13.3. The van der Waals surface area contributed by atoms with Gasteiger partial charge in [-0.25, -0.2) is 9.78 Å². The van der Waals surface area contributed by atoms with Crippen molar-refractivity contribution in [2.45, 2.75) is 25.5 Å². The summed E-state index contributed by atoms with van der Waals surface area (Å²) in [7, 11) is 1.83. The molecule has 2 heterocycles. The number of rotatable bonds is 3. The van der Waals surface area contributed by atoms with Crippen LogP contribution < -0.4 is 10.6 Å². The average molecular weight is 251 g/mol. The lowest BCUT2D eigenvalue weighted by molar-refractivity contribution is 0.0696. The zero-order valence-corrected chi connectivity index (χ0v) is 10.5. The summed E-state index contributed by atoms with van der Waals surface area (Å²) in [5.74, 6) is -0.595. The second-order valence-electron chi connectivity index (χ2n) is 4.49. The normalized spacial score (nSPS) is 23.0. The van der Waals surface area contributed by atoms with E-state index in [1.807, 2.05) is 18.9 Å². The van der Waals surface area contributed by atoms with E-state index < -0.39 is 5.97 Å². The third-order valence-corrected chi connectivity index (χ3v) is 3.29. The van der Waals surface area contributed by atoms with E-state index in [9.17, 15) is 9.90 Å². The topological polar surface area (TPSA) is 88.7 Å². The van der Waals surface area contributed by atoms with Gasteiger partial charge < -0.3 is 20.5 Å². The van der Waals surface area contributed by atoms with Crippen LogP contribution in [0.25, 0.3) is 0 Å². The molecule has 6 heteroatoms. The largest absolute Gasteiger partial charge is 0.478 e. The SMILES string of the molecule is CC1OCCC1N(C)c1ncc(N)cc1C(=O)O. The first-order chi connectivity index (χ1) is 8.50. The summed E-state index contributed by atoms with van der Waals surface area (Å²) >= 11 is 0. The van der Waals surface area contributed by atoms with Gasteiger partial charge in [0.25, 0.3) is 0 Å². The van der Waals surface area contributed by atoms with E-state index in [4.69, 9.17) is 10.5 Å². The van der Waals surface area contributed by atoms with Gasteiger partial charge in [-0.3, -0.25) is 0 Å². The number of pyridine rings is 1. The van der Waals surface area contributed by atoms with Gasteiger partial charge in [0.05, 0.1) is 24.0 Å². The number of nitrogens with two attached hydrogens (primary N) is 1. The molecule has 2 rings (SSSR count). The van der Waals surface area contributed by atoms with E-state index in [-0.39, 0.29) is 17.7 Å². The molecule has 1 saturated heterocycles. The number of likely N-dealkylation sites (N-methyl/N-ethyl adjacent to an activating group) is 1. The maximum absolute atomic E-state index is 11.2. The van der Waals surface area contributed by atoms with Gasteiger partial charge in [0.15, 0.2) is 0 Å². The van der Waals surface area contributed by atoms with Crippen LogP contribution in [-0.2, 0) is 4.74 Å². The Morgan fingerprint density at radius 1 is 1.67 bits per heavy atom. The molecule has 0 bridgehead atoms. The number of aromatic carboxylic acids is 1. The fourth-order valence-electron chi connectivity index (χ4n) is 2.30. The van der Waals surface area contributed by atoms with Gasteiger partial charge in [-0.1, -0.05) is 0 Å². The fraction of sp³-hybridized carbons (Fsp3) is 0.500. The van der Waals surface area contributed by atoms with Crippen LogP contribution >= 0.6 is 0 Å². The van der Waals surface area contributed by atoms with E-state index >= 15 is 0 Å². The highest BCUT2D eigenvalue weighted by atomic mass is 16.5. The molecule has 0 radical (unpaired) electrons. The van der Waals surface area contributed by atoms with Crippen molar-refractivity contribution in [2.24, 2.45) is 0 Å². The molecule has 0 spiro atoms. The first kappa shape index (κ1) is 12.6. The van der Waals surface area contributed by atoms with Crippen LogP contribution in [0, 0.1) is 0 Å². The Morgan fingerprint density at radius 2 is 2.39 bits per heavy atom. The predicted octanol–water partition coefficient (Wildman–Crippen LogP) is 0.976. The summed E-state index contributed by atoms with van der Waals surface area (Å²) in [6.45, 7) is 2.67. The fourth-order valence-corrected chi connectivity index (χ4v) is 2.30. The number of carboxylic acid groups (broad SMARTS) is 1. The lowest BCUT2D eigenvalue weighted by Gasteiger charge is -2.28. The Kier molecular flexibility index (Phi) is 3.38. The van der Waals surface area contributed by atoms with E-state index in [1.165, 1.54) is 12.3 Å². The zero-order valence-electron chi connectivity index (χ0n) is 10.5. The number of hydrogen-bond donors (Lipinski definition) is 2. The third-order valence-electron chi connectivity index (χ3n) is 3.29. The Balaban J connectivity index is 2.35. The van der Waals surface area contributed by atoms with Crippen molar-refractivity contribution in [3.05, 3.63) is 17.8 Å². The molecule has 1 aliphatic rings. The molecule has 18 heavy (non-hydrogen) atoms. The first-order valence-corrected chi connectivity index (χ1v) is 5.84. The molecule has 0 amide bonds. The second kappa shape index (κ2) is 4.81. The number of aromatic nitrogens is 1. The maximum atomic E-state index is 11.2. The van der Waals surface area contributed by atoms with Crippen molar-refractivity contribution in [3.8, 4) is 0 Å². The van der Waals surface area contributed by atoms with Crippen LogP contribution in [-0.4, -0.2) is 41.9 Å². The Bertz CT molecular complexity index is 464. The minimum atomic E-state index is -1.02. The Morgan fingerprint density at radius 3 is 2.94 bits per heavy atom. The molecule has 1 fully saturated rings. The van der Waals surface area contributed by atoms with Crippen molar-refractivity contribution in [1.82, 2.24) is 4.98 Å². The highest BCUT2D eigenvalue weighted by molar-refractivity contribution is 5.94. The molecule has 2 unspecified atom stereocenters. The Labute approximate surface area is 105 Å². The molecule has 98 valence electrons. The third kappa shape index (κ3) is 2.24. The molecule has 0 saturated carbocycles. The summed E-state index contributed by atoms with van der Waals surface area (Å²) in [6, 6.07) is 1.57. The van der Waals surface area contributed by atoms with Crippen molar-refractivity contribution in [2.75, 3.05) is 24.3 Å². The van der Waals surface area contributed by atoms with Crippen LogP contribution in [0.5, 0.6) is 0 Å². The van der Waals surface area contributed by atoms with Gasteiger partial charge >= 0.3 is 5.97 Å². The minimum Gasteiger partial charge on any atom is -0.478 e. The van der Waals surface area contributed by atoms with Crippen molar-refractivity contribution < 1.29 is 14.6 Å². The molecular weight excluding hydrogens is 234 g/mol. The highest BCUT2D eigenvalue weighted by Gasteiger charge is 2.30. The van der Waals surface area contributed by atoms with Crippen LogP contribution in [0.1, 0.15) is 23.7 Å². The number of anilines is 2. The van der Waals surface area contributed by atoms with E-state index in [1.54, 1.807) is 0 Å². The maximum Gasteiger partial charge on any atom is 0.339 e. The average Bonchev–Trinajstić information content (AvgIpc) is 2.74. The molecule has 1 aromatic rings. The van der Waals surface area contributed by atoms with Gasteiger partial charge in [-0.05, 0) is 19.4 Å². The van der Waals surface area contributed by atoms with Crippen LogP contribution in [0.4, 0.5) is 11.5 Å². The van der Waals surface area contributed by atoms with Gasteiger partial charge in [0, 0.05) is 13.7 Å². The number of hydrogen-bond acceptors (Lipinski definition) is 5. The summed E-state index contributed by atoms with van der Waals surface area (Å²) in [4.78, 5) is 17.2. The molecule has 6 nitrogen and oxygen atoms in total. The van der Waals surface area contributed by atoms with Crippen LogP contribution in [0.2, 0.25) is 0 Å². The summed E-state index contributed by atoms with van der Waals surface area (Å²) in [5.41, 5.74) is 6.05. The van der Waals surface area contributed by atoms with Crippen LogP contribution in [0.15, 0.2) is 12.3 Å². The number of ether oxygens (including phenoxy) is 1. The number of carboxylic acids is 1. The molecule has 2 atom stereocenters. The standard InChI is InChI=1S/C12H17N3O3/c1-7-10(3-4-18-7)15(2)11-9(12(16)17)5-8(13)6-14-11/h5-7,10H,3-4,13H2,1-2H3,(H,16,17). The summed E-state index contributed by atoms with van der Waals surface area (Å²) < 4.78 is 5.49. The molecule has 3 N–H and O–H groups in total. The van der Waals surface area contributed by atoms with E-state index in [0.717, 1.165) is 6.42 Å².